The molecule has 0 bridgehead atoms. The molecule has 21 heavy (non-hydrogen) atoms. The van der Waals surface area contributed by atoms with Gasteiger partial charge in [0, 0.05) is 17.1 Å². The van der Waals surface area contributed by atoms with Crippen molar-refractivity contribution in [2.24, 2.45) is 0 Å². The molecule has 0 amide bonds. The Morgan fingerprint density at radius 1 is 1.33 bits per heavy atom. The van der Waals surface area contributed by atoms with Gasteiger partial charge in [0.1, 0.15) is 0 Å². The Labute approximate surface area is 139 Å². The van der Waals surface area contributed by atoms with E-state index in [-0.39, 0.29) is 18.4 Å². The first-order valence-electron chi connectivity index (χ1n) is 6.31. The predicted molar refractivity (Wildman–Crippen MR) is 90.8 cm³/mol. The van der Waals surface area contributed by atoms with Crippen molar-refractivity contribution in [3.05, 3.63) is 52.4 Å². The van der Waals surface area contributed by atoms with Gasteiger partial charge >= 0.3 is 5.97 Å². The Kier molecular flexibility index (Phi) is 7.02. The lowest BCUT2D eigenvalue weighted by Crippen LogP contribution is -2.34. The Hall–Kier alpha value is -1.23. The highest BCUT2D eigenvalue weighted by molar-refractivity contribution is 7.14. The summed E-state index contributed by atoms with van der Waals surface area (Å²) in [7, 11) is 1.40. The van der Waals surface area contributed by atoms with Crippen LogP contribution in [-0.2, 0) is 9.53 Å². The Morgan fingerprint density at radius 2 is 2.05 bits per heavy atom. The van der Waals surface area contributed by atoms with Crippen molar-refractivity contribution in [2.75, 3.05) is 18.6 Å². The molecule has 114 valence electrons. The largest absolute Gasteiger partial charge is 0.467 e. The minimum Gasteiger partial charge on any atom is -0.467 e. The molecule has 0 fully saturated rings. The highest BCUT2D eigenvalue weighted by Crippen LogP contribution is 2.34. The third-order valence-corrected chi connectivity index (χ3v) is 4.32. The van der Waals surface area contributed by atoms with Gasteiger partial charge in [-0.2, -0.15) is 0 Å². The van der Waals surface area contributed by atoms with Gasteiger partial charge in [-0.1, -0.05) is 29.8 Å². The molecule has 0 saturated heterocycles. The van der Waals surface area contributed by atoms with Gasteiger partial charge in [-0.3, -0.25) is 0 Å². The van der Waals surface area contributed by atoms with E-state index in [0.717, 1.165) is 10.6 Å². The highest BCUT2D eigenvalue weighted by atomic mass is 35.5. The number of carbonyl (C=O) groups excluding carboxylic acids is 1. The molecule has 1 aromatic heterocycles. The third kappa shape index (κ3) is 3.90. The van der Waals surface area contributed by atoms with E-state index in [9.17, 15) is 4.79 Å². The number of benzene rings is 1. The second-order valence-electron chi connectivity index (χ2n) is 4.18. The molecular formula is C15H17Cl2NO2S. The van der Waals surface area contributed by atoms with Crippen molar-refractivity contribution in [2.45, 2.75) is 13.0 Å². The number of thiophene rings is 1. The number of nitrogens with zero attached hydrogens (tertiary/aromatic N) is 1. The van der Waals surface area contributed by atoms with Gasteiger partial charge < -0.3 is 9.64 Å². The van der Waals surface area contributed by atoms with E-state index in [1.54, 1.807) is 17.4 Å². The quantitative estimate of drug-likeness (QED) is 0.743. The van der Waals surface area contributed by atoms with Crippen LogP contribution in [0.5, 0.6) is 0 Å². The molecule has 1 heterocycles. The molecule has 1 atom stereocenters. The zero-order valence-electron chi connectivity index (χ0n) is 11.8. The summed E-state index contributed by atoms with van der Waals surface area (Å²) in [5, 5.41) is 3.57. The number of anilines is 1. The fraction of sp³-hybridized carbons (Fsp3) is 0.267. The fourth-order valence-electron chi connectivity index (χ4n) is 2.13. The summed E-state index contributed by atoms with van der Waals surface area (Å²) in [6.45, 7) is 2.69. The molecule has 2 aromatic rings. The summed E-state index contributed by atoms with van der Waals surface area (Å²) in [5.74, 6) is -0.312. The van der Waals surface area contributed by atoms with Crippen molar-refractivity contribution in [1.29, 1.82) is 0 Å². The smallest absolute Gasteiger partial charge is 0.333 e. The second-order valence-corrected chi connectivity index (χ2v) is 5.52. The van der Waals surface area contributed by atoms with E-state index < -0.39 is 6.04 Å². The maximum absolute atomic E-state index is 12.2. The molecule has 0 aliphatic heterocycles. The number of halogens is 2. The summed E-state index contributed by atoms with van der Waals surface area (Å²) in [6, 6.07) is 10.8. The number of methoxy groups -OCH3 is 1. The topological polar surface area (TPSA) is 29.5 Å². The van der Waals surface area contributed by atoms with Gasteiger partial charge in [0.15, 0.2) is 6.04 Å². The van der Waals surface area contributed by atoms with Crippen LogP contribution in [0.25, 0.3) is 0 Å². The number of likely N-dealkylation sites (N-methyl/N-ethyl adjacent to an activating group) is 1. The van der Waals surface area contributed by atoms with Crippen LogP contribution in [0.15, 0.2) is 41.8 Å². The van der Waals surface area contributed by atoms with Gasteiger partial charge in [0.05, 0.1) is 12.1 Å². The van der Waals surface area contributed by atoms with Crippen molar-refractivity contribution in [1.82, 2.24) is 0 Å². The average molecular weight is 346 g/mol. The zero-order chi connectivity index (χ0) is 14.5. The van der Waals surface area contributed by atoms with Gasteiger partial charge in [-0.15, -0.1) is 23.7 Å². The Balaban J connectivity index is 0.00000220. The van der Waals surface area contributed by atoms with Gasteiger partial charge in [-0.05, 0) is 30.5 Å². The molecular weight excluding hydrogens is 329 g/mol. The van der Waals surface area contributed by atoms with Crippen molar-refractivity contribution < 1.29 is 9.53 Å². The number of carbonyl (C=O) groups is 1. The Morgan fingerprint density at radius 3 is 2.57 bits per heavy atom. The standard InChI is InChI=1S/C15H16ClNO2S.ClH/c1-3-17(13-9-6-10-20-13)14(15(18)19-2)11-7-4-5-8-12(11)16;/h4-10,14H,3H2,1-2H3;1H. The molecule has 2 rings (SSSR count). The van der Waals surface area contributed by atoms with Crippen LogP contribution in [0.1, 0.15) is 18.5 Å². The molecule has 6 heteroatoms. The lowest BCUT2D eigenvalue weighted by atomic mass is 10.1. The molecule has 3 nitrogen and oxygen atoms in total. The van der Waals surface area contributed by atoms with Crippen LogP contribution >= 0.6 is 35.3 Å². The minimum atomic E-state index is -0.530. The maximum atomic E-state index is 12.2. The third-order valence-electron chi connectivity index (χ3n) is 3.07. The minimum absolute atomic E-state index is 0. The van der Waals surface area contributed by atoms with E-state index in [2.05, 4.69) is 0 Å². The van der Waals surface area contributed by atoms with Crippen LogP contribution in [0.4, 0.5) is 5.00 Å². The number of hydrogen-bond acceptors (Lipinski definition) is 4. The zero-order valence-corrected chi connectivity index (χ0v) is 14.2. The first-order chi connectivity index (χ1) is 9.69. The molecule has 0 N–H and O–H groups in total. The molecule has 0 aliphatic rings. The molecule has 0 radical (unpaired) electrons. The van der Waals surface area contributed by atoms with Crippen LogP contribution in [0.2, 0.25) is 5.02 Å². The summed E-state index contributed by atoms with van der Waals surface area (Å²) in [6.07, 6.45) is 0. The summed E-state index contributed by atoms with van der Waals surface area (Å²) >= 11 is 7.84. The SMILES string of the molecule is CCN(c1cccs1)C(C(=O)OC)c1ccccc1Cl.Cl. The molecule has 1 aromatic carbocycles. The lowest BCUT2D eigenvalue weighted by molar-refractivity contribution is -0.142. The normalized spacial score (nSPS) is 11.4. The summed E-state index contributed by atoms with van der Waals surface area (Å²) < 4.78 is 4.97. The molecule has 1 unspecified atom stereocenters. The Bertz CT molecular complexity index is 575. The van der Waals surface area contributed by atoms with E-state index in [1.165, 1.54) is 7.11 Å². The first kappa shape index (κ1) is 17.8. The van der Waals surface area contributed by atoms with E-state index in [4.69, 9.17) is 16.3 Å². The monoisotopic (exact) mass is 345 g/mol. The number of rotatable bonds is 5. The van der Waals surface area contributed by atoms with E-state index in [0.29, 0.717) is 11.6 Å². The van der Waals surface area contributed by atoms with Crippen LogP contribution in [0, 0.1) is 0 Å². The average Bonchev–Trinajstić information content (AvgIpc) is 2.99. The summed E-state index contributed by atoms with van der Waals surface area (Å²) in [4.78, 5) is 14.2. The molecule has 0 saturated carbocycles. The van der Waals surface area contributed by atoms with Crippen LogP contribution in [-0.4, -0.2) is 19.6 Å². The van der Waals surface area contributed by atoms with Gasteiger partial charge in [0.2, 0.25) is 0 Å². The van der Waals surface area contributed by atoms with Gasteiger partial charge in [0.25, 0.3) is 0 Å². The van der Waals surface area contributed by atoms with E-state index in [1.807, 2.05) is 47.5 Å². The van der Waals surface area contributed by atoms with Crippen molar-refractivity contribution >= 4 is 46.3 Å². The molecule has 0 aliphatic carbocycles. The van der Waals surface area contributed by atoms with E-state index >= 15 is 0 Å². The van der Waals surface area contributed by atoms with Crippen molar-refractivity contribution in [3.8, 4) is 0 Å². The lowest BCUT2D eigenvalue weighted by Gasteiger charge is -2.30. The summed E-state index contributed by atoms with van der Waals surface area (Å²) in [5.41, 5.74) is 0.760. The number of esters is 1. The van der Waals surface area contributed by atoms with Crippen LogP contribution in [0.3, 0.4) is 0 Å². The first-order valence-corrected chi connectivity index (χ1v) is 7.57. The van der Waals surface area contributed by atoms with Crippen LogP contribution < -0.4 is 4.90 Å². The maximum Gasteiger partial charge on any atom is 0.333 e. The highest BCUT2D eigenvalue weighted by Gasteiger charge is 2.30. The molecule has 0 spiro atoms. The second kappa shape index (κ2) is 8.27. The fourth-order valence-corrected chi connectivity index (χ4v) is 3.19. The van der Waals surface area contributed by atoms with Crippen molar-refractivity contribution in [3.63, 3.8) is 0 Å². The van der Waals surface area contributed by atoms with Gasteiger partial charge in [-0.25, -0.2) is 4.79 Å². The predicted octanol–water partition coefficient (Wildman–Crippen LogP) is 4.56. The number of ether oxygens (including phenoxy) is 1. The number of hydrogen-bond donors (Lipinski definition) is 0.